The molecule has 0 saturated carbocycles. The van der Waals surface area contributed by atoms with E-state index >= 15 is 0 Å². The summed E-state index contributed by atoms with van der Waals surface area (Å²) in [5.74, 6) is 1.84. The minimum absolute atomic E-state index is 0.0301. The number of nitrogens with one attached hydrogen (secondary N) is 1. The van der Waals surface area contributed by atoms with Gasteiger partial charge in [0.05, 0.1) is 6.04 Å². The highest BCUT2D eigenvalue weighted by Crippen LogP contribution is 2.23. The average Bonchev–Trinajstić information content (AvgIpc) is 3.20. The Morgan fingerprint density at radius 3 is 2.78 bits per heavy atom. The van der Waals surface area contributed by atoms with Gasteiger partial charge in [0.25, 0.3) is 0 Å². The van der Waals surface area contributed by atoms with E-state index in [0.29, 0.717) is 11.0 Å². The Labute approximate surface area is 140 Å². The molecule has 2 aromatic rings. The summed E-state index contributed by atoms with van der Waals surface area (Å²) in [6.45, 7) is 3.89. The molecular formula is C16H23N5OS. The van der Waals surface area contributed by atoms with Crippen LogP contribution in [-0.2, 0) is 18.3 Å². The summed E-state index contributed by atoms with van der Waals surface area (Å²) in [4.78, 5) is 23.1. The van der Waals surface area contributed by atoms with Crippen molar-refractivity contribution in [2.75, 3.05) is 18.4 Å². The summed E-state index contributed by atoms with van der Waals surface area (Å²) in [5, 5.41) is 5.42. The number of rotatable bonds is 5. The van der Waals surface area contributed by atoms with Crippen molar-refractivity contribution in [2.45, 2.75) is 32.2 Å². The molecule has 6 nitrogen and oxygen atoms in total. The molecule has 2 aromatic heterocycles. The third-order valence-corrected chi connectivity index (χ3v) is 5.32. The summed E-state index contributed by atoms with van der Waals surface area (Å²) >= 11 is 1.45. The fraction of sp³-hybridized carbons (Fsp3) is 0.562. The number of carbonyl (C=O) groups is 1. The Kier molecular flexibility index (Phi) is 5.07. The summed E-state index contributed by atoms with van der Waals surface area (Å²) in [6.07, 6.45) is 8.81. The second kappa shape index (κ2) is 7.23. The van der Waals surface area contributed by atoms with Gasteiger partial charge in [0.1, 0.15) is 5.82 Å². The van der Waals surface area contributed by atoms with E-state index in [1.165, 1.54) is 11.3 Å². The molecule has 124 valence electrons. The first-order valence-electron chi connectivity index (χ1n) is 8.04. The molecule has 1 aliphatic heterocycles. The number of aryl methyl sites for hydroxylation is 1. The van der Waals surface area contributed by atoms with Crippen molar-refractivity contribution in [3.63, 3.8) is 0 Å². The number of imidazole rings is 1. The number of thiazole rings is 1. The lowest BCUT2D eigenvalue weighted by Gasteiger charge is -2.35. The van der Waals surface area contributed by atoms with Crippen LogP contribution in [0.2, 0.25) is 0 Å². The van der Waals surface area contributed by atoms with Gasteiger partial charge in [-0.2, -0.15) is 0 Å². The van der Waals surface area contributed by atoms with Crippen LogP contribution in [0.1, 0.15) is 25.6 Å². The Bertz CT molecular complexity index is 631. The highest BCUT2D eigenvalue weighted by molar-refractivity contribution is 7.13. The van der Waals surface area contributed by atoms with Crippen LogP contribution in [0.15, 0.2) is 24.0 Å². The number of aromatic nitrogens is 3. The lowest BCUT2D eigenvalue weighted by Crippen LogP contribution is -2.46. The molecule has 1 amide bonds. The summed E-state index contributed by atoms with van der Waals surface area (Å²) < 4.78 is 2.09. The minimum atomic E-state index is -0.118. The molecule has 0 unspecified atom stereocenters. The van der Waals surface area contributed by atoms with E-state index in [-0.39, 0.29) is 11.9 Å². The number of hydrogen-bond acceptors (Lipinski definition) is 5. The van der Waals surface area contributed by atoms with Crippen LogP contribution >= 0.6 is 11.3 Å². The molecule has 1 atom stereocenters. The number of likely N-dealkylation sites (tertiary alicyclic amines) is 1. The number of nitrogens with zero attached hydrogens (tertiary/aromatic N) is 4. The molecule has 0 aromatic carbocycles. The standard InChI is InChI=1S/C16H23N5OS/c1-12(15(22)19-16-18-6-10-23-16)21-7-3-13(4-8-21)11-14-17-5-9-20(14)2/h5-6,9-10,12-13H,3-4,7-8,11H2,1-2H3,(H,18,19,22)/t12-/m0/s1. The van der Waals surface area contributed by atoms with Crippen LogP contribution in [0.25, 0.3) is 0 Å². The van der Waals surface area contributed by atoms with Crippen molar-refractivity contribution in [2.24, 2.45) is 13.0 Å². The summed E-state index contributed by atoms with van der Waals surface area (Å²) in [6, 6.07) is -0.118. The molecule has 0 spiro atoms. The first kappa shape index (κ1) is 16.1. The quantitative estimate of drug-likeness (QED) is 0.911. The largest absolute Gasteiger partial charge is 0.338 e. The van der Waals surface area contributed by atoms with E-state index in [9.17, 15) is 4.79 Å². The predicted octanol–water partition coefficient (Wildman–Crippen LogP) is 2.16. The molecule has 7 heteroatoms. The first-order chi connectivity index (χ1) is 11.1. The highest BCUT2D eigenvalue weighted by Gasteiger charge is 2.27. The molecule has 23 heavy (non-hydrogen) atoms. The second-order valence-electron chi connectivity index (χ2n) is 6.14. The lowest BCUT2D eigenvalue weighted by atomic mass is 9.92. The normalized spacial score (nSPS) is 18.0. The van der Waals surface area contributed by atoms with Crippen molar-refractivity contribution in [3.8, 4) is 0 Å². The van der Waals surface area contributed by atoms with Crippen molar-refractivity contribution in [3.05, 3.63) is 29.8 Å². The first-order valence-corrected chi connectivity index (χ1v) is 8.92. The molecule has 3 rings (SSSR count). The molecule has 1 aliphatic rings. The zero-order valence-electron chi connectivity index (χ0n) is 13.6. The third kappa shape index (κ3) is 3.97. The fourth-order valence-electron chi connectivity index (χ4n) is 3.06. The molecule has 0 bridgehead atoms. The van der Waals surface area contributed by atoms with Gasteiger partial charge in [0.2, 0.25) is 5.91 Å². The lowest BCUT2D eigenvalue weighted by molar-refractivity contribution is -0.121. The van der Waals surface area contributed by atoms with Crippen LogP contribution in [0.3, 0.4) is 0 Å². The van der Waals surface area contributed by atoms with Crippen LogP contribution in [0.5, 0.6) is 0 Å². The van der Waals surface area contributed by atoms with Crippen molar-refractivity contribution in [1.82, 2.24) is 19.4 Å². The molecule has 1 N–H and O–H groups in total. The van der Waals surface area contributed by atoms with Crippen molar-refractivity contribution < 1.29 is 4.79 Å². The van der Waals surface area contributed by atoms with Gasteiger partial charge in [-0.1, -0.05) is 0 Å². The second-order valence-corrected chi connectivity index (χ2v) is 7.03. The van der Waals surface area contributed by atoms with Crippen LogP contribution in [0, 0.1) is 5.92 Å². The van der Waals surface area contributed by atoms with E-state index in [0.717, 1.165) is 38.2 Å². The minimum Gasteiger partial charge on any atom is -0.338 e. The van der Waals surface area contributed by atoms with Gasteiger partial charge in [-0.25, -0.2) is 9.97 Å². The molecule has 1 fully saturated rings. The number of hydrogen-bond donors (Lipinski definition) is 1. The van der Waals surface area contributed by atoms with E-state index in [2.05, 4.69) is 24.8 Å². The Morgan fingerprint density at radius 1 is 1.39 bits per heavy atom. The van der Waals surface area contributed by atoms with Gasteiger partial charge in [0.15, 0.2) is 5.13 Å². The van der Waals surface area contributed by atoms with E-state index in [4.69, 9.17) is 0 Å². The molecule has 3 heterocycles. The Hall–Kier alpha value is -1.73. The summed E-state index contributed by atoms with van der Waals surface area (Å²) in [5.41, 5.74) is 0. The zero-order chi connectivity index (χ0) is 16.2. The maximum Gasteiger partial charge on any atom is 0.243 e. The van der Waals surface area contributed by atoms with Crippen molar-refractivity contribution >= 4 is 22.4 Å². The summed E-state index contributed by atoms with van der Waals surface area (Å²) in [7, 11) is 2.04. The monoisotopic (exact) mass is 333 g/mol. The van der Waals surface area contributed by atoms with Gasteiger partial charge in [0, 0.05) is 37.4 Å². The van der Waals surface area contributed by atoms with Gasteiger partial charge < -0.3 is 9.88 Å². The average molecular weight is 333 g/mol. The van der Waals surface area contributed by atoms with E-state index in [1.54, 1.807) is 6.20 Å². The van der Waals surface area contributed by atoms with E-state index in [1.807, 2.05) is 31.7 Å². The fourth-order valence-corrected chi connectivity index (χ4v) is 3.59. The number of carbonyl (C=O) groups excluding carboxylic acids is 1. The topological polar surface area (TPSA) is 63.1 Å². The maximum absolute atomic E-state index is 12.3. The van der Waals surface area contributed by atoms with Crippen molar-refractivity contribution in [1.29, 1.82) is 0 Å². The van der Waals surface area contributed by atoms with Gasteiger partial charge in [-0.15, -0.1) is 11.3 Å². The SMILES string of the molecule is C[C@@H](C(=O)Nc1nccs1)N1CCC(Cc2nccn2C)CC1. The molecule has 1 saturated heterocycles. The Morgan fingerprint density at radius 2 is 2.17 bits per heavy atom. The maximum atomic E-state index is 12.3. The molecule has 0 radical (unpaired) electrons. The molecule has 0 aliphatic carbocycles. The van der Waals surface area contributed by atoms with Gasteiger partial charge >= 0.3 is 0 Å². The zero-order valence-corrected chi connectivity index (χ0v) is 14.4. The Balaban J connectivity index is 1.48. The number of amides is 1. The van der Waals surface area contributed by atoms with Crippen LogP contribution in [-0.4, -0.2) is 44.5 Å². The van der Waals surface area contributed by atoms with Crippen LogP contribution < -0.4 is 5.32 Å². The van der Waals surface area contributed by atoms with Gasteiger partial charge in [-0.3, -0.25) is 9.69 Å². The van der Waals surface area contributed by atoms with Crippen LogP contribution in [0.4, 0.5) is 5.13 Å². The predicted molar refractivity (Wildman–Crippen MR) is 91.4 cm³/mol. The smallest absolute Gasteiger partial charge is 0.243 e. The number of piperidine rings is 1. The molecular weight excluding hydrogens is 310 g/mol. The highest BCUT2D eigenvalue weighted by atomic mass is 32.1. The van der Waals surface area contributed by atoms with E-state index < -0.39 is 0 Å². The number of anilines is 1. The van der Waals surface area contributed by atoms with Gasteiger partial charge in [-0.05, 0) is 38.8 Å². The third-order valence-electron chi connectivity index (χ3n) is 4.63.